The zero-order valence-electron chi connectivity index (χ0n) is 10.5. The Labute approximate surface area is 106 Å². The maximum Gasteiger partial charge on any atom is 0.255 e. The average molecular weight is 247 g/mol. The highest BCUT2D eigenvalue weighted by Gasteiger charge is 2.28. The van der Waals surface area contributed by atoms with Gasteiger partial charge in [0.25, 0.3) is 5.91 Å². The predicted octanol–water partition coefficient (Wildman–Crippen LogP) is -0.0721. The van der Waals surface area contributed by atoms with Crippen molar-refractivity contribution >= 4 is 11.7 Å². The fourth-order valence-corrected chi connectivity index (χ4v) is 2.37. The molecule has 1 saturated heterocycles. The molecule has 6 nitrogen and oxygen atoms in total. The predicted molar refractivity (Wildman–Crippen MR) is 69.3 cm³/mol. The molecule has 1 aliphatic heterocycles. The van der Waals surface area contributed by atoms with Gasteiger partial charge >= 0.3 is 0 Å². The van der Waals surface area contributed by atoms with Crippen LogP contribution in [0.5, 0.6) is 0 Å². The number of amides is 1. The third-order valence-electron chi connectivity index (χ3n) is 3.20. The van der Waals surface area contributed by atoms with Crippen LogP contribution in [-0.2, 0) is 0 Å². The Kier molecular flexibility index (Phi) is 3.26. The van der Waals surface area contributed by atoms with Gasteiger partial charge in [0, 0.05) is 19.6 Å². The van der Waals surface area contributed by atoms with Crippen LogP contribution in [0.2, 0.25) is 0 Å². The summed E-state index contributed by atoms with van der Waals surface area (Å²) in [4.78, 5) is 11.5. The first-order chi connectivity index (χ1) is 8.58. The minimum absolute atomic E-state index is 0.183. The Hall–Kier alpha value is -2.00. The summed E-state index contributed by atoms with van der Waals surface area (Å²) in [7, 11) is 1.73. The third kappa shape index (κ3) is 1.93. The number of nitrogens with one attached hydrogen (secondary N) is 2. The second-order valence-electron chi connectivity index (χ2n) is 4.47. The molecular weight excluding hydrogens is 230 g/mol. The van der Waals surface area contributed by atoms with Crippen LogP contribution in [-0.4, -0.2) is 35.3 Å². The molecule has 0 unspecified atom stereocenters. The number of carbonyl (C=O) groups excluding carboxylic acids is 1. The van der Waals surface area contributed by atoms with E-state index in [-0.39, 0.29) is 6.04 Å². The van der Waals surface area contributed by atoms with Crippen LogP contribution in [0.15, 0.2) is 0 Å². The van der Waals surface area contributed by atoms with Crippen molar-refractivity contribution in [2.45, 2.75) is 25.4 Å². The lowest BCUT2D eigenvalue weighted by Crippen LogP contribution is -2.19. The fraction of sp³-hybridized carbons (Fsp3) is 0.500. The van der Waals surface area contributed by atoms with Gasteiger partial charge in [-0.05, 0) is 19.3 Å². The van der Waals surface area contributed by atoms with E-state index in [9.17, 15) is 4.79 Å². The maximum absolute atomic E-state index is 11.5. The summed E-state index contributed by atoms with van der Waals surface area (Å²) < 4.78 is 1.77. The highest BCUT2D eigenvalue weighted by Crippen LogP contribution is 2.27. The van der Waals surface area contributed by atoms with Gasteiger partial charge in [0.1, 0.15) is 17.1 Å². The van der Waals surface area contributed by atoms with E-state index in [1.165, 1.54) is 0 Å². The lowest BCUT2D eigenvalue weighted by atomic mass is 10.2. The summed E-state index contributed by atoms with van der Waals surface area (Å²) in [6.07, 6.45) is 6.32. The molecule has 0 aromatic carbocycles. The maximum atomic E-state index is 11.5. The zero-order chi connectivity index (χ0) is 13.3. The van der Waals surface area contributed by atoms with Gasteiger partial charge in [-0.1, -0.05) is 0 Å². The van der Waals surface area contributed by atoms with Gasteiger partial charge in [0.15, 0.2) is 0 Å². The molecule has 1 aromatic heterocycles. The summed E-state index contributed by atoms with van der Waals surface area (Å²) in [5, 5.41) is 10.6. The lowest BCUT2D eigenvalue weighted by molar-refractivity contribution is 0.100. The monoisotopic (exact) mass is 247 g/mol. The molecular formula is C12H17N5O. The SMILES string of the molecule is C#Cc1nn([C@@H]2CN[C@H](C)C2)c(NC)c1C(N)=O. The first kappa shape index (κ1) is 12.5. The quantitative estimate of drug-likeness (QED) is 0.653. The minimum Gasteiger partial charge on any atom is -0.373 e. The number of carbonyl (C=O) groups is 1. The first-order valence-electron chi connectivity index (χ1n) is 5.88. The van der Waals surface area contributed by atoms with Crippen LogP contribution in [0.25, 0.3) is 0 Å². The number of hydrogen-bond acceptors (Lipinski definition) is 4. The summed E-state index contributed by atoms with van der Waals surface area (Å²) >= 11 is 0. The van der Waals surface area contributed by atoms with Crippen molar-refractivity contribution in [3.8, 4) is 12.3 Å². The Bertz CT molecular complexity index is 513. The van der Waals surface area contributed by atoms with Crippen molar-refractivity contribution in [3.63, 3.8) is 0 Å². The van der Waals surface area contributed by atoms with E-state index < -0.39 is 5.91 Å². The standard InChI is InChI=1S/C12H17N5O/c1-4-9-10(11(13)18)12(14-3)17(16-9)8-5-7(2)15-6-8/h1,7-8,14-15H,5-6H2,2-3H3,(H2,13,18)/t7-,8+/m1/s1. The van der Waals surface area contributed by atoms with Crippen LogP contribution < -0.4 is 16.4 Å². The Balaban J connectivity index is 2.48. The van der Waals surface area contributed by atoms with Gasteiger partial charge in [-0.2, -0.15) is 5.10 Å². The molecule has 2 heterocycles. The number of anilines is 1. The Morgan fingerprint density at radius 2 is 2.44 bits per heavy atom. The molecule has 18 heavy (non-hydrogen) atoms. The highest BCUT2D eigenvalue weighted by atomic mass is 16.1. The van der Waals surface area contributed by atoms with Gasteiger partial charge < -0.3 is 16.4 Å². The second-order valence-corrected chi connectivity index (χ2v) is 4.47. The third-order valence-corrected chi connectivity index (χ3v) is 3.20. The molecule has 0 spiro atoms. The molecule has 2 atom stereocenters. The summed E-state index contributed by atoms with van der Waals surface area (Å²) in [6.45, 7) is 2.92. The van der Waals surface area contributed by atoms with Gasteiger partial charge in [0.2, 0.25) is 0 Å². The Morgan fingerprint density at radius 1 is 1.72 bits per heavy atom. The molecule has 1 aliphatic rings. The number of nitrogens with two attached hydrogens (primary N) is 1. The van der Waals surface area contributed by atoms with E-state index in [0.29, 0.717) is 23.1 Å². The number of primary amides is 1. The van der Waals surface area contributed by atoms with Crippen LogP contribution in [0.4, 0.5) is 5.82 Å². The van der Waals surface area contributed by atoms with Crippen molar-refractivity contribution in [1.82, 2.24) is 15.1 Å². The van der Waals surface area contributed by atoms with Crippen molar-refractivity contribution in [1.29, 1.82) is 0 Å². The van der Waals surface area contributed by atoms with Crippen LogP contribution >= 0.6 is 0 Å². The van der Waals surface area contributed by atoms with E-state index in [0.717, 1.165) is 13.0 Å². The number of rotatable bonds is 3. The van der Waals surface area contributed by atoms with Crippen LogP contribution in [0.1, 0.15) is 35.4 Å². The zero-order valence-corrected chi connectivity index (χ0v) is 10.5. The molecule has 4 N–H and O–H groups in total. The van der Waals surface area contributed by atoms with E-state index >= 15 is 0 Å². The van der Waals surface area contributed by atoms with Crippen molar-refractivity contribution in [2.75, 3.05) is 18.9 Å². The molecule has 1 amide bonds. The normalized spacial score (nSPS) is 22.7. The molecule has 1 fully saturated rings. The number of aromatic nitrogens is 2. The smallest absolute Gasteiger partial charge is 0.255 e. The fourth-order valence-electron chi connectivity index (χ4n) is 2.37. The van der Waals surface area contributed by atoms with E-state index in [2.05, 4.69) is 28.6 Å². The van der Waals surface area contributed by atoms with Gasteiger partial charge in [-0.3, -0.25) is 4.79 Å². The van der Waals surface area contributed by atoms with Crippen LogP contribution in [0, 0.1) is 12.3 Å². The van der Waals surface area contributed by atoms with E-state index in [4.69, 9.17) is 12.2 Å². The van der Waals surface area contributed by atoms with Crippen LogP contribution in [0.3, 0.4) is 0 Å². The van der Waals surface area contributed by atoms with Crippen molar-refractivity contribution < 1.29 is 4.79 Å². The highest BCUT2D eigenvalue weighted by molar-refractivity contribution is 6.00. The van der Waals surface area contributed by atoms with Gasteiger partial charge in [-0.15, -0.1) is 6.42 Å². The van der Waals surface area contributed by atoms with Crippen molar-refractivity contribution in [2.24, 2.45) is 5.73 Å². The summed E-state index contributed by atoms with van der Waals surface area (Å²) in [5.74, 6) is 2.45. The van der Waals surface area contributed by atoms with E-state index in [1.54, 1.807) is 11.7 Å². The molecule has 1 aromatic rings. The molecule has 96 valence electrons. The largest absolute Gasteiger partial charge is 0.373 e. The minimum atomic E-state index is -0.558. The lowest BCUT2D eigenvalue weighted by Gasteiger charge is -2.13. The molecule has 0 bridgehead atoms. The average Bonchev–Trinajstić information content (AvgIpc) is 2.91. The molecule has 0 saturated carbocycles. The van der Waals surface area contributed by atoms with Crippen molar-refractivity contribution in [3.05, 3.63) is 11.3 Å². The molecule has 0 aliphatic carbocycles. The van der Waals surface area contributed by atoms with Gasteiger partial charge in [0.05, 0.1) is 6.04 Å². The second kappa shape index (κ2) is 4.70. The summed E-state index contributed by atoms with van der Waals surface area (Å²) in [6, 6.07) is 0.609. The summed E-state index contributed by atoms with van der Waals surface area (Å²) in [5.41, 5.74) is 5.95. The number of hydrogen-bond donors (Lipinski definition) is 3. The topological polar surface area (TPSA) is 85.0 Å². The van der Waals surface area contributed by atoms with Gasteiger partial charge in [-0.25, -0.2) is 4.68 Å². The molecule has 2 rings (SSSR count). The number of nitrogens with zero attached hydrogens (tertiary/aromatic N) is 2. The first-order valence-corrected chi connectivity index (χ1v) is 5.88. The Morgan fingerprint density at radius 3 is 2.89 bits per heavy atom. The number of terminal acetylenes is 1. The molecule has 0 radical (unpaired) electrons. The molecule has 6 heteroatoms. The van der Waals surface area contributed by atoms with E-state index in [1.807, 2.05) is 0 Å².